The minimum absolute atomic E-state index is 0.0505. The maximum atomic E-state index is 11.1. The lowest BCUT2D eigenvalue weighted by atomic mass is 9.96. The molecule has 5 heteroatoms. The maximum Gasteiger partial charge on any atom is 0.303 e. The van der Waals surface area contributed by atoms with E-state index in [2.05, 4.69) is 11.1 Å². The summed E-state index contributed by atoms with van der Waals surface area (Å²) in [5.74, 6) is -0.846. The number of rotatable bonds is 4. The number of pyridine rings is 1. The third kappa shape index (κ3) is 3.05. The molecule has 0 saturated heterocycles. The Morgan fingerprint density at radius 1 is 1.19 bits per heavy atom. The highest BCUT2D eigenvalue weighted by Crippen LogP contribution is 2.40. The first-order valence-electron chi connectivity index (χ1n) is 8.60. The zero-order chi connectivity index (χ0) is 19.0. The van der Waals surface area contributed by atoms with Gasteiger partial charge in [-0.1, -0.05) is 37.3 Å². The zero-order valence-corrected chi connectivity index (χ0v) is 15.5. The quantitative estimate of drug-likeness (QED) is 0.508. The molecule has 0 aliphatic rings. The minimum Gasteiger partial charge on any atom is -0.481 e. The highest BCUT2D eigenvalue weighted by molar-refractivity contribution is 7.19. The number of fused-ring (bicyclic) bond motifs is 2. The molecular formula is C22H16N2O2S. The molecule has 0 fully saturated rings. The van der Waals surface area contributed by atoms with Crippen LogP contribution in [-0.4, -0.2) is 16.1 Å². The molecule has 4 nitrogen and oxygen atoms in total. The van der Waals surface area contributed by atoms with Crippen LogP contribution >= 0.6 is 11.3 Å². The predicted molar refractivity (Wildman–Crippen MR) is 108 cm³/mol. The third-order valence-corrected chi connectivity index (χ3v) is 6.16. The number of aromatic nitrogens is 1. The Labute approximate surface area is 160 Å². The Morgan fingerprint density at radius 2 is 1.96 bits per heavy atom. The number of carboxylic acids is 1. The molecule has 1 N–H and O–H groups in total. The summed E-state index contributed by atoms with van der Waals surface area (Å²) in [4.78, 5) is 16.5. The van der Waals surface area contributed by atoms with Crippen LogP contribution in [0.2, 0.25) is 0 Å². The Hall–Kier alpha value is -3.23. The fraction of sp³-hybridized carbons (Fsp3) is 0.136. The number of thiophene rings is 1. The van der Waals surface area contributed by atoms with Gasteiger partial charge in [-0.3, -0.25) is 9.78 Å². The fourth-order valence-corrected chi connectivity index (χ4v) is 4.62. The summed E-state index contributed by atoms with van der Waals surface area (Å²) in [7, 11) is 0. The predicted octanol–water partition coefficient (Wildman–Crippen LogP) is 5.57. The average Bonchev–Trinajstić information content (AvgIpc) is 3.11. The average molecular weight is 372 g/mol. The summed E-state index contributed by atoms with van der Waals surface area (Å²) >= 11 is 1.62. The van der Waals surface area contributed by atoms with Crippen LogP contribution in [0.5, 0.6) is 0 Å². The molecule has 132 valence electrons. The van der Waals surface area contributed by atoms with E-state index in [4.69, 9.17) is 5.11 Å². The number of benzene rings is 2. The van der Waals surface area contributed by atoms with Crippen LogP contribution in [0.25, 0.3) is 32.0 Å². The normalized spacial score (nSPS) is 12.1. The first-order valence-corrected chi connectivity index (χ1v) is 9.41. The standard InChI is InChI=1S/C22H16N2O2S/c1-13(8-21(25)26)20-9-15-11-24-12-19(22(15)27-20)18-7-6-14(10-23)16-4-2-3-5-17(16)18/h2-7,9,11-13H,8H2,1H3,(H,25,26)/t13-/m0/s1. The van der Waals surface area contributed by atoms with E-state index in [-0.39, 0.29) is 12.3 Å². The van der Waals surface area contributed by atoms with Crippen molar-refractivity contribution in [2.24, 2.45) is 0 Å². The smallest absolute Gasteiger partial charge is 0.303 e. The monoisotopic (exact) mass is 372 g/mol. The van der Waals surface area contributed by atoms with E-state index in [0.717, 1.165) is 36.9 Å². The molecule has 0 spiro atoms. The molecule has 2 aromatic carbocycles. The van der Waals surface area contributed by atoms with Crippen molar-refractivity contribution in [2.75, 3.05) is 0 Å². The van der Waals surface area contributed by atoms with Gasteiger partial charge in [-0.05, 0) is 23.1 Å². The van der Waals surface area contributed by atoms with Crippen molar-refractivity contribution < 1.29 is 9.90 Å². The van der Waals surface area contributed by atoms with Gasteiger partial charge in [-0.15, -0.1) is 11.3 Å². The number of carboxylic acid groups (broad SMARTS) is 1. The highest BCUT2D eigenvalue weighted by atomic mass is 32.1. The van der Waals surface area contributed by atoms with E-state index in [1.54, 1.807) is 11.3 Å². The maximum absolute atomic E-state index is 11.1. The summed E-state index contributed by atoms with van der Waals surface area (Å²) in [6.45, 7) is 1.93. The van der Waals surface area contributed by atoms with E-state index >= 15 is 0 Å². The van der Waals surface area contributed by atoms with Crippen molar-refractivity contribution in [1.29, 1.82) is 5.26 Å². The van der Waals surface area contributed by atoms with Crippen molar-refractivity contribution in [1.82, 2.24) is 4.98 Å². The zero-order valence-electron chi connectivity index (χ0n) is 14.6. The van der Waals surface area contributed by atoms with Crippen LogP contribution in [0.15, 0.2) is 54.9 Å². The Kier molecular flexibility index (Phi) is 4.35. The summed E-state index contributed by atoms with van der Waals surface area (Å²) in [6.07, 6.45) is 3.77. The molecule has 0 amide bonds. The molecule has 0 saturated carbocycles. The van der Waals surface area contributed by atoms with Gasteiger partial charge in [0.25, 0.3) is 0 Å². The molecule has 4 rings (SSSR count). The van der Waals surface area contributed by atoms with Gasteiger partial charge < -0.3 is 5.11 Å². The van der Waals surface area contributed by atoms with Crippen LogP contribution in [0.4, 0.5) is 0 Å². The Balaban J connectivity index is 1.93. The lowest BCUT2D eigenvalue weighted by molar-refractivity contribution is -0.137. The van der Waals surface area contributed by atoms with Gasteiger partial charge in [0.2, 0.25) is 0 Å². The molecule has 0 aliphatic heterocycles. The number of nitrogens with zero attached hydrogens (tertiary/aromatic N) is 2. The first-order chi connectivity index (χ1) is 13.1. The van der Waals surface area contributed by atoms with Gasteiger partial charge >= 0.3 is 5.97 Å². The van der Waals surface area contributed by atoms with Gasteiger partial charge in [0.05, 0.1) is 18.1 Å². The number of hydrogen-bond acceptors (Lipinski definition) is 4. The number of hydrogen-bond donors (Lipinski definition) is 1. The second kappa shape index (κ2) is 6.82. The van der Waals surface area contributed by atoms with E-state index in [9.17, 15) is 10.1 Å². The van der Waals surface area contributed by atoms with Crippen molar-refractivity contribution in [3.8, 4) is 17.2 Å². The number of carbonyl (C=O) groups is 1. The van der Waals surface area contributed by atoms with Gasteiger partial charge in [0, 0.05) is 44.2 Å². The minimum atomic E-state index is -0.795. The van der Waals surface area contributed by atoms with E-state index in [0.29, 0.717) is 5.56 Å². The van der Waals surface area contributed by atoms with Crippen LogP contribution in [-0.2, 0) is 4.79 Å². The fourth-order valence-electron chi connectivity index (χ4n) is 3.41. The van der Waals surface area contributed by atoms with Gasteiger partial charge in [-0.2, -0.15) is 5.26 Å². The lowest BCUT2D eigenvalue weighted by Gasteiger charge is -2.09. The van der Waals surface area contributed by atoms with Crippen molar-refractivity contribution >= 4 is 38.2 Å². The van der Waals surface area contributed by atoms with Gasteiger partial charge in [-0.25, -0.2) is 0 Å². The highest BCUT2D eigenvalue weighted by Gasteiger charge is 2.17. The summed E-state index contributed by atoms with van der Waals surface area (Å²) in [5.41, 5.74) is 2.69. The van der Waals surface area contributed by atoms with Crippen molar-refractivity contribution in [3.63, 3.8) is 0 Å². The second-order valence-electron chi connectivity index (χ2n) is 6.57. The summed E-state index contributed by atoms with van der Waals surface area (Å²) < 4.78 is 1.09. The lowest BCUT2D eigenvalue weighted by Crippen LogP contribution is -2.00. The summed E-state index contributed by atoms with van der Waals surface area (Å²) in [6, 6.07) is 16.0. The van der Waals surface area contributed by atoms with E-state index in [1.165, 1.54) is 0 Å². The molecule has 0 aliphatic carbocycles. The van der Waals surface area contributed by atoms with Crippen LogP contribution in [0.1, 0.15) is 29.7 Å². The Morgan fingerprint density at radius 3 is 2.70 bits per heavy atom. The molecule has 2 heterocycles. The van der Waals surface area contributed by atoms with Crippen molar-refractivity contribution in [3.05, 3.63) is 65.3 Å². The second-order valence-corrected chi connectivity index (χ2v) is 7.65. The largest absolute Gasteiger partial charge is 0.481 e. The molecule has 27 heavy (non-hydrogen) atoms. The Bertz CT molecular complexity index is 1220. The van der Waals surface area contributed by atoms with Crippen molar-refractivity contribution in [2.45, 2.75) is 19.3 Å². The van der Waals surface area contributed by atoms with E-state index in [1.807, 2.05) is 61.8 Å². The van der Waals surface area contributed by atoms with Gasteiger partial charge in [0.15, 0.2) is 0 Å². The molecule has 0 unspecified atom stereocenters. The van der Waals surface area contributed by atoms with E-state index < -0.39 is 5.97 Å². The van der Waals surface area contributed by atoms with Crippen LogP contribution < -0.4 is 0 Å². The number of nitriles is 1. The van der Waals surface area contributed by atoms with Crippen LogP contribution in [0.3, 0.4) is 0 Å². The molecular weight excluding hydrogens is 356 g/mol. The van der Waals surface area contributed by atoms with Gasteiger partial charge in [0.1, 0.15) is 0 Å². The molecule has 0 radical (unpaired) electrons. The molecule has 1 atom stereocenters. The third-order valence-electron chi connectivity index (χ3n) is 4.74. The summed E-state index contributed by atoms with van der Waals surface area (Å²) in [5, 5.41) is 21.4. The molecule has 4 aromatic rings. The van der Waals surface area contributed by atoms with Crippen LogP contribution in [0, 0.1) is 11.3 Å². The number of aliphatic carboxylic acids is 1. The first kappa shape index (κ1) is 17.2. The molecule has 2 aromatic heterocycles. The topological polar surface area (TPSA) is 74.0 Å². The SMILES string of the molecule is C[C@@H](CC(=O)O)c1cc2cncc(-c3ccc(C#N)c4ccccc34)c2s1. The molecule has 0 bridgehead atoms.